The highest BCUT2D eigenvalue weighted by Gasteiger charge is 2.55. The number of rotatable bonds is 11. The summed E-state index contributed by atoms with van der Waals surface area (Å²) in [7, 11) is 4.45. The van der Waals surface area contributed by atoms with Crippen LogP contribution in [0, 0.1) is 5.92 Å². The number of benzene rings is 1. The third-order valence-corrected chi connectivity index (χ3v) is 9.87. The van der Waals surface area contributed by atoms with E-state index in [-0.39, 0.29) is 22.7 Å². The lowest BCUT2D eigenvalue weighted by Gasteiger charge is -2.51. The van der Waals surface area contributed by atoms with Crippen LogP contribution in [0.5, 0.6) is 0 Å². The summed E-state index contributed by atoms with van der Waals surface area (Å²) < 4.78 is 11.8. The van der Waals surface area contributed by atoms with Crippen molar-refractivity contribution in [2.45, 2.75) is 87.8 Å². The van der Waals surface area contributed by atoms with Crippen molar-refractivity contribution in [1.29, 1.82) is 0 Å². The molecule has 36 heavy (non-hydrogen) atoms. The lowest BCUT2D eigenvalue weighted by molar-refractivity contribution is -0.213. The second-order valence-corrected chi connectivity index (χ2v) is 12.3. The van der Waals surface area contributed by atoms with E-state index < -0.39 is 0 Å². The molecule has 1 spiro atoms. The molecule has 2 saturated carbocycles. The molecule has 1 aromatic carbocycles. The number of nitrogens with zero attached hydrogens (tertiary/aromatic N) is 3. The fraction of sp³-hybridized carbons (Fsp3) is 0.767. The van der Waals surface area contributed by atoms with Crippen LogP contribution in [0.2, 0.25) is 0 Å². The molecular weight excluding hydrogens is 450 g/mol. The van der Waals surface area contributed by atoms with Gasteiger partial charge in [0, 0.05) is 31.8 Å². The highest BCUT2D eigenvalue weighted by atomic mass is 16.6. The topological polar surface area (TPSA) is 45.2 Å². The molecule has 4 aliphatic rings. The molecular formula is C30H47N3O3. The van der Waals surface area contributed by atoms with Gasteiger partial charge in [-0.15, -0.1) is 0 Å². The first-order valence-corrected chi connectivity index (χ1v) is 14.4. The van der Waals surface area contributed by atoms with Crippen LogP contribution in [0.15, 0.2) is 30.3 Å². The molecule has 0 unspecified atom stereocenters. The average Bonchev–Trinajstić information content (AvgIpc) is 3.09. The SMILES string of the molecule is CCCCOC1(CCN2C[C@]3(CC[C@](c4ccccc4)(N(C)C)CC3)N(CC3CCC3)C2=O)COC1. The summed E-state index contributed by atoms with van der Waals surface area (Å²) in [6.45, 7) is 6.89. The maximum atomic E-state index is 13.9. The van der Waals surface area contributed by atoms with Crippen LogP contribution in [-0.4, -0.2) is 85.4 Å². The number of hydrogen-bond acceptors (Lipinski definition) is 4. The first-order chi connectivity index (χ1) is 17.4. The zero-order chi connectivity index (χ0) is 25.2. The smallest absolute Gasteiger partial charge is 0.320 e. The molecule has 0 N–H and O–H groups in total. The molecule has 2 aliphatic carbocycles. The van der Waals surface area contributed by atoms with Gasteiger partial charge in [-0.1, -0.05) is 50.1 Å². The van der Waals surface area contributed by atoms with Gasteiger partial charge < -0.3 is 19.3 Å². The fourth-order valence-electron chi connectivity index (χ4n) is 6.96. The van der Waals surface area contributed by atoms with Crippen LogP contribution in [0.4, 0.5) is 4.79 Å². The van der Waals surface area contributed by atoms with Crippen molar-refractivity contribution >= 4 is 6.03 Å². The minimum absolute atomic E-state index is 0.0344. The van der Waals surface area contributed by atoms with E-state index in [1.807, 2.05) is 0 Å². The number of urea groups is 1. The van der Waals surface area contributed by atoms with E-state index in [2.05, 4.69) is 66.1 Å². The molecule has 0 atom stereocenters. The highest BCUT2D eigenvalue weighted by molar-refractivity contribution is 5.78. The predicted octanol–water partition coefficient (Wildman–Crippen LogP) is 5.27. The van der Waals surface area contributed by atoms with Crippen LogP contribution >= 0.6 is 0 Å². The van der Waals surface area contributed by atoms with Gasteiger partial charge in [-0.05, 0) is 76.9 Å². The number of carbonyl (C=O) groups is 1. The van der Waals surface area contributed by atoms with E-state index >= 15 is 0 Å². The summed E-state index contributed by atoms with van der Waals surface area (Å²) in [5.41, 5.74) is 1.23. The Hall–Kier alpha value is -1.63. The molecule has 6 nitrogen and oxygen atoms in total. The van der Waals surface area contributed by atoms with Crippen LogP contribution in [0.25, 0.3) is 0 Å². The maximum Gasteiger partial charge on any atom is 0.320 e. The second-order valence-electron chi connectivity index (χ2n) is 12.3. The van der Waals surface area contributed by atoms with Crippen molar-refractivity contribution in [2.75, 3.05) is 53.6 Å². The Balaban J connectivity index is 1.30. The van der Waals surface area contributed by atoms with Crippen LogP contribution in [-0.2, 0) is 15.0 Å². The van der Waals surface area contributed by atoms with E-state index in [1.54, 1.807) is 0 Å². The second kappa shape index (κ2) is 10.6. The number of carbonyl (C=O) groups excluding carboxylic acids is 1. The van der Waals surface area contributed by atoms with E-state index in [0.29, 0.717) is 19.1 Å². The summed E-state index contributed by atoms with van der Waals surface area (Å²) in [6, 6.07) is 11.3. The Bertz CT molecular complexity index is 873. The third-order valence-electron chi connectivity index (χ3n) is 9.87. The van der Waals surface area contributed by atoms with E-state index in [0.717, 1.165) is 71.2 Å². The molecule has 0 bridgehead atoms. The fourth-order valence-corrected chi connectivity index (χ4v) is 6.96. The molecule has 6 heteroatoms. The standard InChI is InChI=1S/C30H47N3O3/c1-4-5-20-36-29(23-35-24-29)18-19-32-22-28(33(27(32)34)21-25-10-9-11-25)14-16-30(17-15-28,31(2)3)26-12-7-6-8-13-26/h6-8,12-13,25H,4-5,9-11,14-24H2,1-3H3/t28-,30+. The molecule has 2 amide bonds. The van der Waals surface area contributed by atoms with Gasteiger partial charge >= 0.3 is 6.03 Å². The largest absolute Gasteiger partial charge is 0.375 e. The zero-order valence-electron chi connectivity index (χ0n) is 22.8. The number of amides is 2. The first-order valence-electron chi connectivity index (χ1n) is 14.4. The molecule has 0 aromatic heterocycles. The molecule has 0 radical (unpaired) electrons. The average molecular weight is 498 g/mol. The number of unbranched alkanes of at least 4 members (excludes halogenated alkanes) is 1. The molecule has 2 aliphatic heterocycles. The van der Waals surface area contributed by atoms with E-state index in [4.69, 9.17) is 9.47 Å². The van der Waals surface area contributed by atoms with E-state index in [1.165, 1.54) is 24.8 Å². The van der Waals surface area contributed by atoms with Gasteiger partial charge in [0.25, 0.3) is 0 Å². The van der Waals surface area contributed by atoms with Gasteiger partial charge in [0.1, 0.15) is 5.60 Å². The number of ether oxygens (including phenoxy) is 2. The normalized spacial score (nSPS) is 30.2. The van der Waals surface area contributed by atoms with Gasteiger partial charge in [-0.3, -0.25) is 4.90 Å². The van der Waals surface area contributed by atoms with E-state index in [9.17, 15) is 4.79 Å². The van der Waals surface area contributed by atoms with Crippen molar-refractivity contribution in [3.63, 3.8) is 0 Å². The minimum Gasteiger partial charge on any atom is -0.375 e. The van der Waals surface area contributed by atoms with Gasteiger partial charge in [0.2, 0.25) is 0 Å². The van der Waals surface area contributed by atoms with Crippen molar-refractivity contribution < 1.29 is 14.3 Å². The number of hydrogen-bond donors (Lipinski definition) is 0. The molecule has 5 rings (SSSR count). The molecule has 2 heterocycles. The lowest BCUT2D eigenvalue weighted by atomic mass is 9.68. The Morgan fingerprint density at radius 3 is 2.36 bits per heavy atom. The monoisotopic (exact) mass is 497 g/mol. The summed E-state index contributed by atoms with van der Waals surface area (Å²) in [5.74, 6) is 0.684. The molecule has 4 fully saturated rings. The van der Waals surface area contributed by atoms with Crippen molar-refractivity contribution in [3.8, 4) is 0 Å². The van der Waals surface area contributed by atoms with Crippen molar-refractivity contribution in [3.05, 3.63) is 35.9 Å². The molecule has 2 saturated heterocycles. The van der Waals surface area contributed by atoms with Crippen LogP contribution < -0.4 is 0 Å². The zero-order valence-corrected chi connectivity index (χ0v) is 22.8. The Morgan fingerprint density at radius 2 is 1.81 bits per heavy atom. The van der Waals surface area contributed by atoms with Crippen molar-refractivity contribution in [2.24, 2.45) is 5.92 Å². The minimum atomic E-state index is -0.191. The maximum absolute atomic E-state index is 13.9. The highest BCUT2D eigenvalue weighted by Crippen LogP contribution is 2.49. The predicted molar refractivity (Wildman–Crippen MR) is 143 cm³/mol. The summed E-state index contributed by atoms with van der Waals surface area (Å²) in [6.07, 6.45) is 11.3. The first kappa shape index (κ1) is 26.0. The summed E-state index contributed by atoms with van der Waals surface area (Å²) in [4.78, 5) is 20.8. The van der Waals surface area contributed by atoms with Gasteiger partial charge in [-0.2, -0.15) is 0 Å². The van der Waals surface area contributed by atoms with Gasteiger partial charge in [0.05, 0.1) is 18.8 Å². The Labute approximate surface area is 218 Å². The van der Waals surface area contributed by atoms with Crippen LogP contribution in [0.3, 0.4) is 0 Å². The Kier molecular flexibility index (Phi) is 7.67. The van der Waals surface area contributed by atoms with Gasteiger partial charge in [-0.25, -0.2) is 4.79 Å². The van der Waals surface area contributed by atoms with Crippen molar-refractivity contribution in [1.82, 2.24) is 14.7 Å². The van der Waals surface area contributed by atoms with Gasteiger partial charge in [0.15, 0.2) is 0 Å². The molecule has 200 valence electrons. The summed E-state index contributed by atoms with van der Waals surface area (Å²) in [5, 5.41) is 0. The molecule has 1 aromatic rings. The van der Waals surface area contributed by atoms with Crippen LogP contribution in [0.1, 0.15) is 76.7 Å². The summed E-state index contributed by atoms with van der Waals surface area (Å²) >= 11 is 0. The quantitative estimate of drug-likeness (QED) is 0.391. The Morgan fingerprint density at radius 1 is 1.08 bits per heavy atom. The third kappa shape index (κ3) is 4.81. The lowest BCUT2D eigenvalue weighted by Crippen LogP contribution is -2.56.